The maximum atomic E-state index is 12.3. The number of rotatable bonds is 2. The first-order chi connectivity index (χ1) is 13.4. The number of allylic oxidation sites excluding steroid dienone is 2. The molecule has 9 heteroatoms. The fourth-order valence-corrected chi connectivity index (χ4v) is 5.52. The monoisotopic (exact) mass is 457 g/mol. The van der Waals surface area contributed by atoms with Crippen LogP contribution in [0.5, 0.6) is 0 Å². The lowest BCUT2D eigenvalue weighted by atomic mass is 9.59. The predicted molar refractivity (Wildman–Crippen MR) is 105 cm³/mol. The molecule has 0 unspecified atom stereocenters. The van der Waals surface area contributed by atoms with Crippen LogP contribution in [0, 0.1) is 45.3 Å². The highest BCUT2D eigenvalue weighted by Gasteiger charge is 2.55. The van der Waals surface area contributed by atoms with Crippen molar-refractivity contribution in [3.8, 4) is 18.2 Å². The molecule has 0 fully saturated rings. The summed E-state index contributed by atoms with van der Waals surface area (Å²) in [6.45, 7) is 2.47. The van der Waals surface area contributed by atoms with Crippen LogP contribution in [-0.2, 0) is 4.74 Å². The van der Waals surface area contributed by atoms with E-state index in [0.29, 0.717) is 5.57 Å². The summed E-state index contributed by atoms with van der Waals surface area (Å²) in [5.74, 6) is -1.04. The number of halogens is 1. The molecule has 1 aromatic heterocycles. The van der Waals surface area contributed by atoms with E-state index in [4.69, 9.17) is 10.5 Å². The first-order valence-electron chi connectivity index (χ1n) is 8.52. The SMILES string of the molecule is CCOC(=O)N1CC=C2C(C#N)=C(N)C(C#N)(C#N)[C@@H](c3cc(Br)cs3)[C@H]2C1. The number of nitrogens with zero attached hydrogens (tertiary/aromatic N) is 4. The normalized spacial score (nSPS) is 23.0. The van der Waals surface area contributed by atoms with E-state index >= 15 is 0 Å². The molecule has 1 aromatic rings. The number of carbonyl (C=O) groups excluding carboxylic acids is 1. The molecule has 1 aliphatic heterocycles. The molecule has 3 rings (SSSR count). The number of carbonyl (C=O) groups is 1. The minimum absolute atomic E-state index is 0.0263. The smallest absolute Gasteiger partial charge is 0.410 e. The Kier molecular flexibility index (Phi) is 5.47. The lowest BCUT2D eigenvalue weighted by Crippen LogP contribution is -2.49. The van der Waals surface area contributed by atoms with Crippen LogP contribution >= 0.6 is 27.3 Å². The lowest BCUT2D eigenvalue weighted by Gasteiger charge is -2.44. The van der Waals surface area contributed by atoms with Crippen LogP contribution in [-0.4, -0.2) is 30.7 Å². The Labute approximate surface area is 175 Å². The van der Waals surface area contributed by atoms with Crippen LogP contribution in [0.25, 0.3) is 0 Å². The van der Waals surface area contributed by atoms with E-state index < -0.39 is 23.3 Å². The van der Waals surface area contributed by atoms with E-state index in [2.05, 4.69) is 34.1 Å². The third kappa shape index (κ3) is 2.96. The van der Waals surface area contributed by atoms with Crippen molar-refractivity contribution >= 4 is 33.4 Å². The fraction of sp³-hybridized carbons (Fsp3) is 0.368. The Balaban J connectivity index is 2.22. The molecule has 0 saturated carbocycles. The Bertz CT molecular complexity index is 993. The minimum atomic E-state index is -1.70. The molecule has 0 bridgehead atoms. The minimum Gasteiger partial charge on any atom is -0.450 e. The zero-order chi connectivity index (χ0) is 20.5. The van der Waals surface area contributed by atoms with Crippen molar-refractivity contribution < 1.29 is 9.53 Å². The van der Waals surface area contributed by atoms with Crippen molar-refractivity contribution in [1.82, 2.24) is 4.90 Å². The van der Waals surface area contributed by atoms with E-state index in [9.17, 15) is 20.6 Å². The molecule has 2 N–H and O–H groups in total. The molecule has 1 amide bonds. The van der Waals surface area contributed by atoms with Gasteiger partial charge in [-0.3, -0.25) is 0 Å². The van der Waals surface area contributed by atoms with E-state index in [1.54, 1.807) is 13.0 Å². The Hall–Kier alpha value is -2.80. The number of nitriles is 3. The third-order valence-electron chi connectivity index (χ3n) is 5.08. The number of nitrogens with two attached hydrogens (primary N) is 1. The van der Waals surface area contributed by atoms with Crippen LogP contribution in [0.2, 0.25) is 0 Å². The van der Waals surface area contributed by atoms with Gasteiger partial charge in [-0.15, -0.1) is 11.3 Å². The van der Waals surface area contributed by atoms with Gasteiger partial charge in [0.15, 0.2) is 5.41 Å². The summed E-state index contributed by atoms with van der Waals surface area (Å²) in [6, 6.07) is 8.07. The molecular formula is C19H16BrN5O2S. The van der Waals surface area contributed by atoms with Gasteiger partial charge < -0.3 is 15.4 Å². The van der Waals surface area contributed by atoms with Crippen LogP contribution in [0.15, 0.2) is 38.8 Å². The Morgan fingerprint density at radius 1 is 1.46 bits per heavy atom. The van der Waals surface area contributed by atoms with Gasteiger partial charge in [-0.05, 0) is 34.5 Å². The van der Waals surface area contributed by atoms with Gasteiger partial charge in [-0.2, -0.15) is 15.8 Å². The summed E-state index contributed by atoms with van der Waals surface area (Å²) < 4.78 is 5.93. The first kappa shape index (κ1) is 19.9. The van der Waals surface area contributed by atoms with Gasteiger partial charge in [0.2, 0.25) is 0 Å². The summed E-state index contributed by atoms with van der Waals surface area (Å²) in [4.78, 5) is 14.6. The first-order valence-corrected chi connectivity index (χ1v) is 10.2. The summed E-state index contributed by atoms with van der Waals surface area (Å²) in [6.07, 6.45) is 1.30. The molecule has 1 aliphatic carbocycles. The summed E-state index contributed by atoms with van der Waals surface area (Å²) >= 11 is 4.82. The summed E-state index contributed by atoms with van der Waals surface area (Å²) in [5.41, 5.74) is 5.34. The lowest BCUT2D eigenvalue weighted by molar-refractivity contribution is 0.100. The van der Waals surface area contributed by atoms with E-state index in [-0.39, 0.29) is 31.0 Å². The Morgan fingerprint density at radius 3 is 2.71 bits per heavy atom. The topological polar surface area (TPSA) is 127 Å². The van der Waals surface area contributed by atoms with Crippen LogP contribution in [0.1, 0.15) is 17.7 Å². The van der Waals surface area contributed by atoms with Gasteiger partial charge >= 0.3 is 6.09 Å². The average molecular weight is 458 g/mol. The number of amides is 1. The van der Waals surface area contributed by atoms with Gasteiger partial charge in [-0.1, -0.05) is 6.08 Å². The van der Waals surface area contributed by atoms with E-state index in [1.807, 2.05) is 11.4 Å². The highest BCUT2D eigenvalue weighted by molar-refractivity contribution is 9.10. The van der Waals surface area contributed by atoms with E-state index in [0.717, 1.165) is 9.35 Å². The number of thiophene rings is 1. The summed E-state index contributed by atoms with van der Waals surface area (Å²) in [5, 5.41) is 31.5. The third-order valence-corrected chi connectivity index (χ3v) is 6.86. The largest absolute Gasteiger partial charge is 0.450 e. The fourth-order valence-electron chi connectivity index (χ4n) is 3.84. The molecule has 2 atom stereocenters. The van der Waals surface area contributed by atoms with Crippen molar-refractivity contribution in [3.63, 3.8) is 0 Å². The van der Waals surface area contributed by atoms with Gasteiger partial charge in [0.05, 0.1) is 30.0 Å². The average Bonchev–Trinajstić information content (AvgIpc) is 3.12. The van der Waals surface area contributed by atoms with Crippen molar-refractivity contribution in [2.24, 2.45) is 17.1 Å². The van der Waals surface area contributed by atoms with Crippen LogP contribution in [0.3, 0.4) is 0 Å². The summed E-state index contributed by atoms with van der Waals surface area (Å²) in [7, 11) is 0. The molecule has 0 spiro atoms. The molecular weight excluding hydrogens is 442 g/mol. The number of fused-ring (bicyclic) bond motifs is 1. The number of hydrogen-bond donors (Lipinski definition) is 1. The van der Waals surface area contributed by atoms with Gasteiger partial charge in [0.1, 0.15) is 6.07 Å². The molecule has 0 radical (unpaired) electrons. The van der Waals surface area contributed by atoms with Crippen molar-refractivity contribution in [2.75, 3.05) is 19.7 Å². The maximum Gasteiger partial charge on any atom is 0.410 e. The molecule has 2 heterocycles. The Morgan fingerprint density at radius 2 is 2.18 bits per heavy atom. The van der Waals surface area contributed by atoms with Crippen molar-refractivity contribution in [3.05, 3.63) is 43.7 Å². The van der Waals surface area contributed by atoms with Crippen LogP contribution in [0.4, 0.5) is 4.79 Å². The van der Waals surface area contributed by atoms with Gasteiger partial charge in [0.25, 0.3) is 0 Å². The molecule has 2 aliphatic rings. The zero-order valence-electron chi connectivity index (χ0n) is 15.0. The van der Waals surface area contributed by atoms with Crippen LogP contribution < -0.4 is 5.73 Å². The molecule has 0 saturated heterocycles. The molecule has 28 heavy (non-hydrogen) atoms. The quantitative estimate of drug-likeness (QED) is 0.724. The van der Waals surface area contributed by atoms with Crippen molar-refractivity contribution in [1.29, 1.82) is 15.8 Å². The number of ether oxygens (including phenoxy) is 1. The zero-order valence-corrected chi connectivity index (χ0v) is 17.4. The highest BCUT2D eigenvalue weighted by Crippen LogP contribution is 2.55. The second kappa shape index (κ2) is 7.67. The van der Waals surface area contributed by atoms with Gasteiger partial charge in [-0.25, -0.2) is 4.79 Å². The predicted octanol–water partition coefficient (Wildman–Crippen LogP) is 3.39. The maximum absolute atomic E-state index is 12.3. The molecule has 142 valence electrons. The second-order valence-corrected chi connectivity index (χ2v) is 8.31. The molecule has 0 aromatic carbocycles. The van der Waals surface area contributed by atoms with Gasteiger partial charge in [0, 0.05) is 39.7 Å². The van der Waals surface area contributed by atoms with Crippen molar-refractivity contribution in [2.45, 2.75) is 12.8 Å². The standard InChI is InChI=1S/C19H16BrN5O2S/c1-2-27-18(26)25-4-3-12-13(6-21)17(24)19(9-22,10-23)16(14(12)7-25)15-5-11(20)8-28-15/h3,5,8,14,16H,2,4,7,24H2,1H3/t14-,16+/m0/s1. The van der Waals surface area contributed by atoms with E-state index in [1.165, 1.54) is 16.2 Å². The molecule has 7 nitrogen and oxygen atoms in total. The highest BCUT2D eigenvalue weighted by atomic mass is 79.9. The second-order valence-electron chi connectivity index (χ2n) is 6.45. The number of hydrogen-bond acceptors (Lipinski definition) is 7.